The third-order valence-corrected chi connectivity index (χ3v) is 2.11. The molecule has 4 nitrogen and oxygen atoms in total. The lowest BCUT2D eigenvalue weighted by atomic mass is 10.4. The normalized spacial score (nSPS) is 11.1. The van der Waals surface area contributed by atoms with Crippen LogP contribution in [0.1, 0.15) is 19.0 Å². The van der Waals surface area contributed by atoms with Crippen molar-refractivity contribution >= 4 is 0 Å². The molecule has 0 saturated heterocycles. The third-order valence-electron chi connectivity index (χ3n) is 2.11. The molecule has 0 saturated carbocycles. The van der Waals surface area contributed by atoms with E-state index in [1.54, 1.807) is 0 Å². The largest absolute Gasteiger partial charge is 0.336 e. The van der Waals surface area contributed by atoms with Gasteiger partial charge in [0.1, 0.15) is 0 Å². The maximum atomic E-state index is 5.46. The number of imidazole rings is 1. The number of hydrogen-bond donors (Lipinski definition) is 1. The maximum absolute atomic E-state index is 5.46. The van der Waals surface area contributed by atoms with Crippen LogP contribution in [-0.4, -0.2) is 34.6 Å². The highest BCUT2D eigenvalue weighted by atomic mass is 15.1. The molecule has 1 aromatic heterocycles. The molecule has 0 amide bonds. The van der Waals surface area contributed by atoms with Gasteiger partial charge in [-0.05, 0) is 20.0 Å². The van der Waals surface area contributed by atoms with E-state index in [2.05, 4.69) is 30.1 Å². The summed E-state index contributed by atoms with van der Waals surface area (Å²) in [6.45, 7) is 5.74. The number of nitrogens with zero attached hydrogens (tertiary/aromatic N) is 3. The van der Waals surface area contributed by atoms with Crippen LogP contribution in [0.15, 0.2) is 12.5 Å². The second-order valence-electron chi connectivity index (χ2n) is 3.63. The first-order valence-corrected chi connectivity index (χ1v) is 5.15. The zero-order valence-electron chi connectivity index (χ0n) is 9.11. The van der Waals surface area contributed by atoms with E-state index >= 15 is 0 Å². The monoisotopic (exact) mass is 196 g/mol. The summed E-state index contributed by atoms with van der Waals surface area (Å²) in [5, 5.41) is 0. The average Bonchev–Trinajstić information content (AvgIpc) is 2.53. The van der Waals surface area contributed by atoms with Crippen LogP contribution < -0.4 is 5.73 Å². The molecule has 0 bridgehead atoms. The Bertz CT molecular complexity index is 256. The molecule has 0 aromatic carbocycles. The highest BCUT2D eigenvalue weighted by Gasteiger charge is 2.01. The van der Waals surface area contributed by atoms with Gasteiger partial charge in [-0.2, -0.15) is 0 Å². The molecular formula is C10H20N4. The van der Waals surface area contributed by atoms with Crippen LogP contribution in [0.4, 0.5) is 0 Å². The van der Waals surface area contributed by atoms with Crippen molar-refractivity contribution in [3.05, 3.63) is 18.2 Å². The molecule has 0 aliphatic heterocycles. The second kappa shape index (κ2) is 5.78. The number of hydrogen-bond acceptors (Lipinski definition) is 3. The van der Waals surface area contributed by atoms with Crippen molar-refractivity contribution in [3.8, 4) is 0 Å². The topological polar surface area (TPSA) is 47.1 Å². The molecule has 14 heavy (non-hydrogen) atoms. The molecule has 0 fully saturated rings. The van der Waals surface area contributed by atoms with E-state index in [1.165, 1.54) is 6.42 Å². The quantitative estimate of drug-likeness (QED) is 0.728. The predicted octanol–water partition coefficient (Wildman–Crippen LogP) is 0.684. The van der Waals surface area contributed by atoms with Crippen molar-refractivity contribution in [3.63, 3.8) is 0 Å². The van der Waals surface area contributed by atoms with Crippen LogP contribution in [0.5, 0.6) is 0 Å². The molecule has 0 aliphatic rings. The fourth-order valence-corrected chi connectivity index (χ4v) is 1.50. The Morgan fingerprint density at radius 2 is 2.36 bits per heavy atom. The molecule has 0 radical (unpaired) electrons. The van der Waals surface area contributed by atoms with E-state index in [0.29, 0.717) is 6.54 Å². The first-order valence-electron chi connectivity index (χ1n) is 5.15. The van der Waals surface area contributed by atoms with Crippen molar-refractivity contribution in [1.82, 2.24) is 14.5 Å². The highest BCUT2D eigenvalue weighted by Crippen LogP contribution is 2.00. The standard InChI is InChI=1S/C10H20N4/c1-3-5-13(2)7-10-8-14(6-4-11)9-12-10/h8-9H,3-7,11H2,1-2H3. The van der Waals surface area contributed by atoms with Crippen LogP contribution >= 0.6 is 0 Å². The van der Waals surface area contributed by atoms with Crippen molar-refractivity contribution in [1.29, 1.82) is 0 Å². The van der Waals surface area contributed by atoms with E-state index in [-0.39, 0.29) is 0 Å². The summed E-state index contributed by atoms with van der Waals surface area (Å²) >= 11 is 0. The Morgan fingerprint density at radius 1 is 1.57 bits per heavy atom. The third kappa shape index (κ3) is 3.47. The lowest BCUT2D eigenvalue weighted by molar-refractivity contribution is 0.324. The Balaban J connectivity index is 2.42. The summed E-state index contributed by atoms with van der Waals surface area (Å²) in [6, 6.07) is 0. The van der Waals surface area contributed by atoms with Crippen LogP contribution in [-0.2, 0) is 13.1 Å². The fraction of sp³-hybridized carbons (Fsp3) is 0.700. The van der Waals surface area contributed by atoms with Crippen LogP contribution in [0.2, 0.25) is 0 Å². The van der Waals surface area contributed by atoms with E-state index in [4.69, 9.17) is 5.73 Å². The van der Waals surface area contributed by atoms with Gasteiger partial charge in [0.25, 0.3) is 0 Å². The Morgan fingerprint density at radius 3 is 3.00 bits per heavy atom. The number of rotatable bonds is 6. The molecule has 0 aliphatic carbocycles. The van der Waals surface area contributed by atoms with Gasteiger partial charge in [-0.15, -0.1) is 0 Å². The van der Waals surface area contributed by atoms with Gasteiger partial charge in [0.15, 0.2) is 0 Å². The minimum atomic E-state index is 0.667. The minimum Gasteiger partial charge on any atom is -0.336 e. The van der Waals surface area contributed by atoms with E-state index in [1.807, 2.05) is 10.9 Å². The summed E-state index contributed by atoms with van der Waals surface area (Å²) in [5.74, 6) is 0. The van der Waals surface area contributed by atoms with E-state index < -0.39 is 0 Å². The first-order chi connectivity index (χ1) is 6.76. The molecule has 0 atom stereocenters. The average molecular weight is 196 g/mol. The molecule has 80 valence electrons. The Kier molecular flexibility index (Phi) is 4.62. The van der Waals surface area contributed by atoms with Crippen molar-refractivity contribution in [2.45, 2.75) is 26.4 Å². The number of nitrogens with two attached hydrogens (primary N) is 1. The maximum Gasteiger partial charge on any atom is 0.0950 e. The molecule has 0 unspecified atom stereocenters. The lowest BCUT2D eigenvalue weighted by Gasteiger charge is -2.12. The van der Waals surface area contributed by atoms with Gasteiger partial charge in [0.2, 0.25) is 0 Å². The molecule has 0 spiro atoms. The van der Waals surface area contributed by atoms with E-state index in [9.17, 15) is 0 Å². The lowest BCUT2D eigenvalue weighted by Crippen LogP contribution is -2.18. The molecular weight excluding hydrogens is 176 g/mol. The second-order valence-corrected chi connectivity index (χ2v) is 3.63. The fourth-order valence-electron chi connectivity index (χ4n) is 1.50. The first kappa shape index (κ1) is 11.2. The van der Waals surface area contributed by atoms with Crippen molar-refractivity contribution in [2.75, 3.05) is 20.1 Å². The minimum absolute atomic E-state index is 0.667. The van der Waals surface area contributed by atoms with Gasteiger partial charge in [0, 0.05) is 25.8 Å². The Labute approximate surface area is 85.7 Å². The summed E-state index contributed by atoms with van der Waals surface area (Å²) in [7, 11) is 2.12. The summed E-state index contributed by atoms with van der Waals surface area (Å²) in [5.41, 5.74) is 6.58. The van der Waals surface area contributed by atoms with Crippen LogP contribution in [0, 0.1) is 0 Å². The van der Waals surface area contributed by atoms with Crippen LogP contribution in [0.25, 0.3) is 0 Å². The van der Waals surface area contributed by atoms with Gasteiger partial charge < -0.3 is 15.2 Å². The summed E-state index contributed by atoms with van der Waals surface area (Å²) in [6.07, 6.45) is 5.10. The zero-order valence-corrected chi connectivity index (χ0v) is 9.11. The van der Waals surface area contributed by atoms with Gasteiger partial charge in [-0.3, -0.25) is 0 Å². The Hall–Kier alpha value is -0.870. The smallest absolute Gasteiger partial charge is 0.0950 e. The van der Waals surface area contributed by atoms with Crippen molar-refractivity contribution < 1.29 is 0 Å². The van der Waals surface area contributed by atoms with Gasteiger partial charge in [0.05, 0.1) is 12.0 Å². The highest BCUT2D eigenvalue weighted by molar-refractivity contribution is 4.96. The molecule has 2 N–H and O–H groups in total. The molecule has 1 rings (SSSR count). The van der Waals surface area contributed by atoms with Gasteiger partial charge in [-0.25, -0.2) is 4.98 Å². The van der Waals surface area contributed by atoms with Gasteiger partial charge in [-0.1, -0.05) is 6.92 Å². The molecule has 4 heteroatoms. The molecule has 1 heterocycles. The summed E-state index contributed by atoms with van der Waals surface area (Å²) in [4.78, 5) is 6.60. The summed E-state index contributed by atoms with van der Waals surface area (Å²) < 4.78 is 2.04. The van der Waals surface area contributed by atoms with E-state index in [0.717, 1.165) is 25.3 Å². The molecule has 1 aromatic rings. The SMILES string of the molecule is CCCN(C)Cc1cn(CCN)cn1. The predicted molar refractivity (Wildman–Crippen MR) is 57.9 cm³/mol. The van der Waals surface area contributed by atoms with Crippen LogP contribution in [0.3, 0.4) is 0 Å². The zero-order chi connectivity index (χ0) is 10.4. The number of aromatic nitrogens is 2. The van der Waals surface area contributed by atoms with Crippen molar-refractivity contribution in [2.24, 2.45) is 5.73 Å². The van der Waals surface area contributed by atoms with Gasteiger partial charge >= 0.3 is 0 Å².